The van der Waals surface area contributed by atoms with E-state index in [-0.39, 0.29) is 9.92 Å². The van der Waals surface area contributed by atoms with Gasteiger partial charge in [-0.05, 0) is 25.1 Å². The summed E-state index contributed by atoms with van der Waals surface area (Å²) in [6.07, 6.45) is 0. The van der Waals surface area contributed by atoms with Gasteiger partial charge in [0.25, 0.3) is 0 Å². The Hall–Kier alpha value is -0.940. The van der Waals surface area contributed by atoms with Gasteiger partial charge in [-0.1, -0.05) is 18.5 Å². The quantitative estimate of drug-likeness (QED) is 0.416. The first-order valence-corrected chi connectivity index (χ1v) is 13.3. The van der Waals surface area contributed by atoms with Gasteiger partial charge in [0.15, 0.2) is 0 Å². The monoisotopic (exact) mass is 488 g/mol. The molecule has 8 nitrogen and oxygen atoms in total. The molecule has 0 unspecified atom stereocenters. The number of hydrogen-bond donors (Lipinski definition) is 0. The fourth-order valence-corrected chi connectivity index (χ4v) is 6.21. The first-order valence-electron chi connectivity index (χ1n) is 11.5. The predicted octanol–water partition coefficient (Wildman–Crippen LogP) is 1.84. The van der Waals surface area contributed by atoms with Crippen LogP contribution in [0.3, 0.4) is 0 Å². The molecule has 3 rings (SSSR count). The second kappa shape index (κ2) is 12.0. The number of ether oxygens (including phenoxy) is 2. The average molecular weight is 489 g/mol. The van der Waals surface area contributed by atoms with Crippen molar-refractivity contribution in [2.24, 2.45) is 0 Å². The molecule has 0 aromatic heterocycles. The number of methoxy groups -OCH3 is 1. The van der Waals surface area contributed by atoms with E-state index in [1.54, 1.807) is 19.2 Å². The highest BCUT2D eigenvalue weighted by Crippen LogP contribution is 2.32. The van der Waals surface area contributed by atoms with E-state index in [9.17, 15) is 8.42 Å². The third-order valence-electron chi connectivity index (χ3n) is 6.34. The summed E-state index contributed by atoms with van der Waals surface area (Å²) < 4.78 is 38.0. The molecule has 0 spiro atoms. The van der Waals surface area contributed by atoms with Crippen LogP contribution in [-0.2, 0) is 19.5 Å². The lowest BCUT2D eigenvalue weighted by Crippen LogP contribution is -2.63. The topological polar surface area (TPSA) is 65.6 Å². The number of anilines is 1. The smallest absolute Gasteiger partial charge is 0.244 e. The van der Waals surface area contributed by atoms with Crippen molar-refractivity contribution in [2.45, 2.75) is 24.8 Å². The minimum absolute atomic E-state index is 0.158. The van der Waals surface area contributed by atoms with Crippen LogP contribution in [0.25, 0.3) is 0 Å². The zero-order valence-corrected chi connectivity index (χ0v) is 21.1. The maximum atomic E-state index is 13.0. The summed E-state index contributed by atoms with van der Waals surface area (Å²) in [6, 6.07) is 5.83. The first-order chi connectivity index (χ1) is 15.4. The second-order valence-electron chi connectivity index (χ2n) is 8.24. The fraction of sp³-hybridized carbons (Fsp3) is 0.727. The highest BCUT2D eigenvalue weighted by Gasteiger charge is 2.34. The zero-order valence-electron chi connectivity index (χ0n) is 19.5. The van der Waals surface area contributed by atoms with Crippen LogP contribution in [0.15, 0.2) is 23.1 Å². The van der Waals surface area contributed by atoms with E-state index < -0.39 is 10.0 Å². The Balaban J connectivity index is 1.55. The fourth-order valence-electron chi connectivity index (χ4n) is 4.26. The molecule has 1 aromatic rings. The third kappa shape index (κ3) is 6.14. The van der Waals surface area contributed by atoms with Crippen molar-refractivity contribution in [3.05, 3.63) is 23.2 Å². The van der Waals surface area contributed by atoms with Gasteiger partial charge in [0.1, 0.15) is 4.90 Å². The summed E-state index contributed by atoms with van der Waals surface area (Å²) in [5.74, 6) is 0. The molecule has 2 aliphatic rings. The summed E-state index contributed by atoms with van der Waals surface area (Å²) in [4.78, 5) is 7.42. The van der Waals surface area contributed by atoms with E-state index in [1.807, 2.05) is 19.9 Å². The van der Waals surface area contributed by atoms with Gasteiger partial charge in [-0.15, -0.1) is 0 Å². The Labute approximate surface area is 198 Å². The number of rotatable bonds is 12. The molecule has 0 radical (unpaired) electrons. The third-order valence-corrected chi connectivity index (χ3v) is 8.79. The van der Waals surface area contributed by atoms with Crippen molar-refractivity contribution in [1.82, 2.24) is 14.1 Å². The molecular formula is C22H37ClN4O4S. The molecule has 10 heteroatoms. The van der Waals surface area contributed by atoms with Crippen LogP contribution in [0.4, 0.5) is 5.69 Å². The van der Waals surface area contributed by atoms with E-state index in [2.05, 4.69) is 14.7 Å². The predicted molar refractivity (Wildman–Crippen MR) is 128 cm³/mol. The molecule has 0 amide bonds. The summed E-state index contributed by atoms with van der Waals surface area (Å²) in [6.45, 7) is 13.3. The van der Waals surface area contributed by atoms with Crippen LogP contribution < -0.4 is 4.90 Å². The van der Waals surface area contributed by atoms with Gasteiger partial charge >= 0.3 is 0 Å². The maximum absolute atomic E-state index is 13.0. The highest BCUT2D eigenvalue weighted by molar-refractivity contribution is 7.89. The lowest BCUT2D eigenvalue weighted by atomic mass is 10.0. The number of piperazine rings is 1. The minimum Gasteiger partial charge on any atom is -0.383 e. The molecule has 182 valence electrons. The average Bonchev–Trinajstić information content (AvgIpc) is 2.75. The number of halogens is 1. The van der Waals surface area contributed by atoms with Gasteiger partial charge in [0, 0.05) is 84.3 Å². The number of likely N-dealkylation sites (N-methyl/N-ethyl adjacent to an activating group) is 1. The van der Waals surface area contributed by atoms with E-state index in [4.69, 9.17) is 21.1 Å². The van der Waals surface area contributed by atoms with Crippen molar-refractivity contribution in [1.29, 1.82) is 0 Å². The standard InChI is InChI=1S/C22H37ClN4O4S/c1-4-27(13-15-31-5-2)32(28,29)22-7-6-19(16-21(22)23)26-17-20(18-26)25-10-8-24(9-11-25)12-14-30-3/h6-7,16,20H,4-5,8-15,17-18H2,1-3H3. The SMILES string of the molecule is CCOCCN(CC)S(=O)(=O)c1ccc(N2CC(N3CCN(CCOC)CC3)C2)cc1Cl. The van der Waals surface area contributed by atoms with Crippen molar-refractivity contribution in [2.75, 3.05) is 90.7 Å². The van der Waals surface area contributed by atoms with E-state index >= 15 is 0 Å². The van der Waals surface area contributed by atoms with Crippen LogP contribution in [-0.4, -0.2) is 114 Å². The molecule has 0 atom stereocenters. The lowest BCUT2D eigenvalue weighted by molar-refractivity contribution is 0.0660. The van der Waals surface area contributed by atoms with Crippen LogP contribution in [0.1, 0.15) is 13.8 Å². The van der Waals surface area contributed by atoms with E-state index in [0.717, 1.165) is 58.1 Å². The molecule has 1 aromatic carbocycles. The van der Waals surface area contributed by atoms with E-state index in [0.29, 0.717) is 32.3 Å². The summed E-state index contributed by atoms with van der Waals surface area (Å²) in [5.41, 5.74) is 0.973. The first kappa shape index (κ1) is 25.7. The van der Waals surface area contributed by atoms with Crippen molar-refractivity contribution in [3.8, 4) is 0 Å². The zero-order chi connectivity index (χ0) is 23.1. The van der Waals surface area contributed by atoms with Crippen LogP contribution in [0.5, 0.6) is 0 Å². The molecule has 2 fully saturated rings. The Morgan fingerprint density at radius 1 is 1.12 bits per heavy atom. The summed E-state index contributed by atoms with van der Waals surface area (Å²) in [5, 5.41) is 0.271. The van der Waals surface area contributed by atoms with Gasteiger partial charge in [0.05, 0.1) is 18.2 Å². The van der Waals surface area contributed by atoms with Crippen molar-refractivity contribution in [3.63, 3.8) is 0 Å². The molecule has 0 N–H and O–H groups in total. The summed E-state index contributed by atoms with van der Waals surface area (Å²) >= 11 is 6.45. The second-order valence-corrected chi connectivity index (χ2v) is 10.6. The number of nitrogens with zero attached hydrogens (tertiary/aromatic N) is 4. The Morgan fingerprint density at radius 3 is 2.44 bits per heavy atom. The molecule has 2 heterocycles. The molecule has 0 bridgehead atoms. The molecule has 2 saturated heterocycles. The van der Waals surface area contributed by atoms with Crippen molar-refractivity contribution >= 4 is 27.3 Å². The van der Waals surface area contributed by atoms with Gasteiger partial charge in [-0.25, -0.2) is 8.42 Å². The largest absolute Gasteiger partial charge is 0.383 e. The maximum Gasteiger partial charge on any atom is 0.244 e. The van der Waals surface area contributed by atoms with Crippen molar-refractivity contribution < 1.29 is 17.9 Å². The molecule has 0 aliphatic carbocycles. The van der Waals surface area contributed by atoms with Gasteiger partial charge in [0.2, 0.25) is 10.0 Å². The van der Waals surface area contributed by atoms with E-state index in [1.165, 1.54) is 4.31 Å². The van der Waals surface area contributed by atoms with Crippen LogP contribution in [0, 0.1) is 0 Å². The number of hydrogen-bond acceptors (Lipinski definition) is 7. The Kier molecular flexibility index (Phi) is 9.60. The highest BCUT2D eigenvalue weighted by atomic mass is 35.5. The minimum atomic E-state index is -3.65. The molecule has 2 aliphatic heterocycles. The number of benzene rings is 1. The Morgan fingerprint density at radius 2 is 1.84 bits per heavy atom. The van der Waals surface area contributed by atoms with Gasteiger partial charge in [-0.3, -0.25) is 9.80 Å². The molecule has 32 heavy (non-hydrogen) atoms. The molecular weight excluding hydrogens is 452 g/mol. The molecule has 0 saturated carbocycles. The van der Waals surface area contributed by atoms with Gasteiger partial charge in [-0.2, -0.15) is 4.31 Å². The Bertz CT molecular complexity index is 827. The van der Waals surface area contributed by atoms with Crippen LogP contribution >= 0.6 is 11.6 Å². The van der Waals surface area contributed by atoms with Crippen LogP contribution in [0.2, 0.25) is 5.02 Å². The number of sulfonamides is 1. The summed E-state index contributed by atoms with van der Waals surface area (Å²) in [7, 11) is -1.91. The van der Waals surface area contributed by atoms with Gasteiger partial charge < -0.3 is 14.4 Å². The lowest BCUT2D eigenvalue weighted by Gasteiger charge is -2.49. The normalized spacial score (nSPS) is 19.0.